The number of carbonyl (C=O) groups is 1. The lowest BCUT2D eigenvalue weighted by molar-refractivity contribution is -0.139. The number of allylic oxidation sites excluding steroid dienone is 1. The number of aromatic nitrogens is 1. The van der Waals surface area contributed by atoms with Crippen LogP contribution in [0.4, 0.5) is 5.69 Å². The first kappa shape index (κ1) is 28.7. The van der Waals surface area contributed by atoms with Crippen molar-refractivity contribution in [2.24, 2.45) is 4.99 Å². The van der Waals surface area contributed by atoms with Crippen molar-refractivity contribution in [3.63, 3.8) is 0 Å². The van der Waals surface area contributed by atoms with Crippen LogP contribution in [0.3, 0.4) is 0 Å². The quantitative estimate of drug-likeness (QED) is 0.250. The summed E-state index contributed by atoms with van der Waals surface area (Å²) in [5.41, 5.74) is 2.33. The summed E-state index contributed by atoms with van der Waals surface area (Å²) in [6.07, 6.45) is 1.66. The highest BCUT2D eigenvalue weighted by Gasteiger charge is 2.33. The second kappa shape index (κ2) is 12.0. The van der Waals surface area contributed by atoms with Crippen molar-refractivity contribution in [2.75, 3.05) is 25.6 Å². The summed E-state index contributed by atoms with van der Waals surface area (Å²) in [5, 5.41) is 0.721. The number of hydrogen-bond acceptors (Lipinski definition) is 8. The van der Waals surface area contributed by atoms with Crippen LogP contribution in [0.2, 0.25) is 10.0 Å². The van der Waals surface area contributed by atoms with Gasteiger partial charge in [-0.25, -0.2) is 9.79 Å². The summed E-state index contributed by atoms with van der Waals surface area (Å²) in [6.45, 7) is 3.84. The molecule has 8 nitrogen and oxygen atoms in total. The van der Waals surface area contributed by atoms with Crippen LogP contribution in [0.5, 0.6) is 5.75 Å². The molecule has 1 unspecified atom stereocenters. The summed E-state index contributed by atoms with van der Waals surface area (Å²) < 4.78 is 19.0. The van der Waals surface area contributed by atoms with Gasteiger partial charge in [-0.15, -0.1) is 0 Å². The van der Waals surface area contributed by atoms with Crippen LogP contribution >= 0.6 is 34.5 Å². The molecule has 1 aliphatic heterocycles. The molecule has 0 N–H and O–H groups in total. The van der Waals surface area contributed by atoms with E-state index >= 15 is 0 Å². The van der Waals surface area contributed by atoms with Crippen LogP contribution in [0.1, 0.15) is 37.0 Å². The third-order valence-corrected chi connectivity index (χ3v) is 8.27. The summed E-state index contributed by atoms with van der Waals surface area (Å²) in [7, 11) is 3.90. The van der Waals surface area contributed by atoms with Crippen LogP contribution in [-0.2, 0) is 16.1 Å². The molecule has 4 aromatic rings. The van der Waals surface area contributed by atoms with Crippen molar-refractivity contribution >= 4 is 52.3 Å². The van der Waals surface area contributed by atoms with E-state index in [1.165, 1.54) is 11.3 Å². The zero-order valence-electron chi connectivity index (χ0n) is 22.8. The number of nitrogens with zero attached hydrogens (tertiary/aromatic N) is 3. The Labute approximate surface area is 250 Å². The van der Waals surface area contributed by atoms with E-state index in [0.29, 0.717) is 47.9 Å². The number of carbonyl (C=O) groups excluding carboxylic acids is 1. The molecule has 0 spiro atoms. The smallest absolute Gasteiger partial charge is 0.338 e. The number of hydrogen-bond donors (Lipinski definition) is 0. The van der Waals surface area contributed by atoms with E-state index in [9.17, 15) is 9.59 Å². The van der Waals surface area contributed by atoms with Gasteiger partial charge in [0.05, 0.1) is 33.5 Å². The van der Waals surface area contributed by atoms with E-state index in [-0.39, 0.29) is 18.8 Å². The number of rotatable bonds is 8. The lowest BCUT2D eigenvalue weighted by Gasteiger charge is -2.25. The Balaban J connectivity index is 1.51. The normalized spacial score (nSPS) is 15.0. The third-order valence-electron chi connectivity index (χ3n) is 6.48. The van der Waals surface area contributed by atoms with E-state index < -0.39 is 12.0 Å². The van der Waals surface area contributed by atoms with E-state index in [0.717, 1.165) is 11.3 Å². The number of benzene rings is 2. The van der Waals surface area contributed by atoms with Crippen LogP contribution in [0.15, 0.2) is 80.1 Å². The summed E-state index contributed by atoms with van der Waals surface area (Å²) in [5.74, 6) is 0.954. The maximum atomic E-state index is 13.8. The van der Waals surface area contributed by atoms with Gasteiger partial charge < -0.3 is 18.8 Å². The maximum absolute atomic E-state index is 13.8. The first-order valence-corrected chi connectivity index (χ1v) is 14.4. The summed E-state index contributed by atoms with van der Waals surface area (Å²) >= 11 is 13.5. The molecule has 41 heavy (non-hydrogen) atoms. The lowest BCUT2D eigenvalue weighted by atomic mass is 9.95. The average Bonchev–Trinajstić information content (AvgIpc) is 3.52. The zero-order valence-corrected chi connectivity index (χ0v) is 25.1. The molecule has 2 aromatic heterocycles. The molecule has 1 atom stereocenters. The van der Waals surface area contributed by atoms with Crippen molar-refractivity contribution in [3.05, 3.63) is 113 Å². The molecule has 0 radical (unpaired) electrons. The van der Waals surface area contributed by atoms with Gasteiger partial charge in [-0.05, 0) is 55.8 Å². The molecular weight excluding hydrogens is 585 g/mol. The predicted octanol–water partition coefficient (Wildman–Crippen LogP) is 5.34. The molecule has 0 aliphatic carbocycles. The molecule has 0 amide bonds. The van der Waals surface area contributed by atoms with Gasteiger partial charge in [0.1, 0.15) is 28.9 Å². The highest BCUT2D eigenvalue weighted by Crippen LogP contribution is 2.33. The fraction of sp³-hybridized carbons (Fsp3) is 0.233. The molecule has 1 aliphatic rings. The molecule has 5 rings (SSSR count). The lowest BCUT2D eigenvalue weighted by Crippen LogP contribution is -2.39. The summed E-state index contributed by atoms with van der Waals surface area (Å²) in [6, 6.07) is 15.7. The SMILES string of the molecule is CCOC(=O)C1=C(C)N=c2s/c(=C/c3ccc(COc4cccc(Cl)c4Cl)o3)c(=O)n2C1c1ccc(N(C)C)cc1. The van der Waals surface area contributed by atoms with Crippen molar-refractivity contribution in [1.82, 2.24) is 4.57 Å². The number of furan rings is 1. The van der Waals surface area contributed by atoms with Crippen LogP contribution < -0.4 is 24.5 Å². The summed E-state index contributed by atoms with van der Waals surface area (Å²) in [4.78, 5) is 34.0. The minimum absolute atomic E-state index is 0.125. The minimum Gasteiger partial charge on any atom is -0.484 e. The van der Waals surface area contributed by atoms with E-state index in [4.69, 9.17) is 37.1 Å². The number of thiazole rings is 1. The molecule has 11 heteroatoms. The molecule has 0 saturated heterocycles. The van der Waals surface area contributed by atoms with Gasteiger partial charge in [-0.1, -0.05) is 52.7 Å². The Hall–Kier alpha value is -3.79. The topological polar surface area (TPSA) is 86.3 Å². The standard InChI is InChI=1S/C30H27Cl2N3O5S/c1-5-38-29(37)25-17(2)33-30-35(27(25)18-9-11-19(12-10-18)34(3)4)28(36)24(41-30)15-20-13-14-21(40-20)16-39-23-8-6-7-22(31)26(23)32/h6-15,27H,5,16H2,1-4H3/b24-15+. The predicted molar refractivity (Wildman–Crippen MR) is 161 cm³/mol. The van der Waals surface area contributed by atoms with Gasteiger partial charge in [0.2, 0.25) is 0 Å². The second-order valence-corrected chi connectivity index (χ2v) is 11.2. The third kappa shape index (κ3) is 5.84. The molecule has 0 bridgehead atoms. The molecule has 212 valence electrons. The van der Waals surface area contributed by atoms with E-state index in [2.05, 4.69) is 4.99 Å². The number of esters is 1. The van der Waals surface area contributed by atoms with Crippen molar-refractivity contribution < 1.29 is 18.7 Å². The number of halogens is 2. The second-order valence-electron chi connectivity index (χ2n) is 9.43. The number of anilines is 1. The molecular formula is C30H27Cl2N3O5S. The van der Waals surface area contributed by atoms with E-state index in [1.807, 2.05) is 43.3 Å². The van der Waals surface area contributed by atoms with Gasteiger partial charge in [0.15, 0.2) is 4.80 Å². The minimum atomic E-state index is -0.688. The fourth-order valence-electron chi connectivity index (χ4n) is 4.48. The van der Waals surface area contributed by atoms with Gasteiger partial charge in [-0.2, -0.15) is 0 Å². The van der Waals surface area contributed by atoms with Crippen molar-refractivity contribution in [3.8, 4) is 5.75 Å². The van der Waals surface area contributed by atoms with Crippen molar-refractivity contribution in [1.29, 1.82) is 0 Å². The van der Waals surface area contributed by atoms with Crippen LogP contribution in [0, 0.1) is 0 Å². The van der Waals surface area contributed by atoms with Gasteiger partial charge >= 0.3 is 5.97 Å². The average molecular weight is 613 g/mol. The highest BCUT2D eigenvalue weighted by atomic mass is 35.5. The monoisotopic (exact) mass is 611 g/mol. The van der Waals surface area contributed by atoms with Crippen molar-refractivity contribution in [2.45, 2.75) is 26.5 Å². The largest absolute Gasteiger partial charge is 0.484 e. The maximum Gasteiger partial charge on any atom is 0.338 e. The van der Waals surface area contributed by atoms with E-state index in [1.54, 1.807) is 54.8 Å². The molecule has 0 fully saturated rings. The molecule has 3 heterocycles. The first-order valence-electron chi connectivity index (χ1n) is 12.8. The first-order chi connectivity index (χ1) is 19.7. The molecule has 2 aromatic carbocycles. The molecule has 0 saturated carbocycles. The van der Waals surface area contributed by atoms with Gasteiger partial charge in [-0.3, -0.25) is 9.36 Å². The fourth-order valence-corrected chi connectivity index (χ4v) is 5.86. The Bertz CT molecular complexity index is 1820. The van der Waals surface area contributed by atoms with Crippen LogP contribution in [0.25, 0.3) is 6.08 Å². The van der Waals surface area contributed by atoms with Gasteiger partial charge in [0, 0.05) is 25.9 Å². The van der Waals surface area contributed by atoms with Crippen LogP contribution in [-0.4, -0.2) is 31.2 Å². The Kier molecular flexibility index (Phi) is 8.40. The Morgan fingerprint density at radius 2 is 1.90 bits per heavy atom. The number of fused-ring (bicyclic) bond motifs is 1. The Morgan fingerprint density at radius 3 is 2.61 bits per heavy atom. The number of ether oxygens (including phenoxy) is 2. The highest BCUT2D eigenvalue weighted by molar-refractivity contribution is 7.07. The van der Waals surface area contributed by atoms with Gasteiger partial charge in [0.25, 0.3) is 5.56 Å². The zero-order chi connectivity index (χ0) is 29.3. The Morgan fingerprint density at radius 1 is 1.15 bits per heavy atom.